The maximum Gasteiger partial charge on any atom is 0.246 e. The van der Waals surface area contributed by atoms with Crippen LogP contribution in [0.2, 0.25) is 0 Å². The average molecular weight is 364 g/mol. The summed E-state index contributed by atoms with van der Waals surface area (Å²) < 4.78 is 61.4. The monoisotopic (exact) mass is 364 g/mol. The Hall–Kier alpha value is -1.36. The highest BCUT2D eigenvalue weighted by Crippen LogP contribution is 2.31. The molecule has 1 aliphatic rings. The van der Waals surface area contributed by atoms with E-state index in [2.05, 4.69) is 0 Å². The first-order valence-electron chi connectivity index (χ1n) is 6.87. The van der Waals surface area contributed by atoms with Crippen LogP contribution in [0.25, 0.3) is 0 Å². The number of hydrogen-bond donors (Lipinski definition) is 0. The van der Waals surface area contributed by atoms with E-state index in [0.29, 0.717) is 5.75 Å². The zero-order chi connectivity index (χ0) is 17.3. The Morgan fingerprint density at radius 2 is 1.48 bits per heavy atom. The molecule has 0 radical (unpaired) electrons. The summed E-state index contributed by atoms with van der Waals surface area (Å²) in [7, 11) is -4.28. The van der Waals surface area contributed by atoms with Crippen LogP contribution in [-0.4, -0.2) is 72.1 Å². The quantitative estimate of drug-likeness (QED) is 0.728. The van der Waals surface area contributed by atoms with Gasteiger partial charge in [-0.3, -0.25) is 0 Å². The molecule has 0 aliphatic carbocycles. The van der Waals surface area contributed by atoms with E-state index in [4.69, 9.17) is 9.47 Å². The van der Waals surface area contributed by atoms with Gasteiger partial charge in [0.2, 0.25) is 20.0 Å². The third-order valence-electron chi connectivity index (χ3n) is 3.66. The third kappa shape index (κ3) is 3.77. The molecule has 1 fully saturated rings. The lowest BCUT2D eigenvalue weighted by molar-refractivity contribution is 0.273. The van der Waals surface area contributed by atoms with Gasteiger partial charge in [0.05, 0.1) is 20.5 Å². The molecule has 0 aromatic heterocycles. The summed E-state index contributed by atoms with van der Waals surface area (Å²) in [5.74, 6) is 0.621. The predicted molar refractivity (Wildman–Crippen MR) is 84.7 cm³/mol. The minimum absolute atomic E-state index is 0.00663. The molecule has 0 bridgehead atoms. The number of ether oxygens (including phenoxy) is 2. The zero-order valence-corrected chi connectivity index (χ0v) is 14.9. The van der Waals surface area contributed by atoms with Crippen molar-refractivity contribution in [3.05, 3.63) is 18.2 Å². The van der Waals surface area contributed by atoms with Crippen molar-refractivity contribution in [2.75, 3.05) is 46.7 Å². The lowest BCUT2D eigenvalue weighted by Crippen LogP contribution is -2.50. The fourth-order valence-corrected chi connectivity index (χ4v) is 4.79. The van der Waals surface area contributed by atoms with Gasteiger partial charge >= 0.3 is 0 Å². The fraction of sp³-hybridized carbons (Fsp3) is 0.538. The van der Waals surface area contributed by atoms with E-state index in [1.54, 1.807) is 6.07 Å². The first-order valence-corrected chi connectivity index (χ1v) is 10.2. The van der Waals surface area contributed by atoms with Crippen molar-refractivity contribution < 1.29 is 26.3 Å². The molecule has 130 valence electrons. The molecule has 10 heteroatoms. The molecule has 1 saturated heterocycles. The summed E-state index contributed by atoms with van der Waals surface area (Å²) in [6.45, 7) is 0.445. The topological polar surface area (TPSA) is 93.2 Å². The van der Waals surface area contributed by atoms with E-state index in [1.165, 1.54) is 35.0 Å². The van der Waals surface area contributed by atoms with E-state index in [0.717, 1.165) is 6.26 Å². The van der Waals surface area contributed by atoms with Crippen LogP contribution >= 0.6 is 0 Å². The van der Waals surface area contributed by atoms with Gasteiger partial charge in [-0.25, -0.2) is 16.8 Å². The highest BCUT2D eigenvalue weighted by atomic mass is 32.2. The number of rotatable bonds is 5. The first-order chi connectivity index (χ1) is 10.7. The molecule has 0 spiro atoms. The van der Waals surface area contributed by atoms with Crippen LogP contribution in [0.5, 0.6) is 11.5 Å². The maximum atomic E-state index is 12.8. The van der Waals surface area contributed by atoms with Gasteiger partial charge in [0, 0.05) is 32.2 Å². The van der Waals surface area contributed by atoms with Crippen LogP contribution in [0.4, 0.5) is 0 Å². The van der Waals surface area contributed by atoms with Gasteiger partial charge in [0.25, 0.3) is 0 Å². The molecule has 1 aliphatic heterocycles. The van der Waals surface area contributed by atoms with Crippen molar-refractivity contribution in [2.45, 2.75) is 4.90 Å². The number of sulfonamides is 2. The predicted octanol–water partition coefficient (Wildman–Crippen LogP) is -0.0303. The normalized spacial score (nSPS) is 17.9. The molecule has 0 saturated carbocycles. The van der Waals surface area contributed by atoms with E-state index in [1.807, 2.05) is 0 Å². The molecule has 23 heavy (non-hydrogen) atoms. The Bertz CT molecular complexity index is 768. The summed E-state index contributed by atoms with van der Waals surface area (Å²) in [4.78, 5) is 0.00663. The summed E-state index contributed by atoms with van der Waals surface area (Å²) in [5, 5.41) is 0. The number of piperazine rings is 1. The van der Waals surface area contributed by atoms with Crippen LogP contribution in [0.15, 0.2) is 23.1 Å². The average Bonchev–Trinajstić information content (AvgIpc) is 2.53. The van der Waals surface area contributed by atoms with Crippen molar-refractivity contribution in [1.29, 1.82) is 0 Å². The molecule has 1 heterocycles. The Morgan fingerprint density at radius 3 is 1.96 bits per heavy atom. The van der Waals surface area contributed by atoms with Crippen LogP contribution < -0.4 is 9.47 Å². The Balaban J connectivity index is 2.30. The zero-order valence-electron chi connectivity index (χ0n) is 13.2. The second-order valence-electron chi connectivity index (χ2n) is 5.08. The Kier molecular flexibility index (Phi) is 5.19. The van der Waals surface area contributed by atoms with Crippen molar-refractivity contribution in [3.63, 3.8) is 0 Å². The Morgan fingerprint density at radius 1 is 0.913 bits per heavy atom. The molecule has 1 aromatic carbocycles. The van der Waals surface area contributed by atoms with Gasteiger partial charge in [-0.05, 0) is 12.1 Å². The number of benzene rings is 1. The third-order valence-corrected chi connectivity index (χ3v) is 6.88. The number of methoxy groups -OCH3 is 2. The van der Waals surface area contributed by atoms with E-state index >= 15 is 0 Å². The molecular formula is C13H20N2O6S2. The molecule has 8 nitrogen and oxygen atoms in total. The molecule has 0 N–H and O–H groups in total. The van der Waals surface area contributed by atoms with Crippen LogP contribution in [0, 0.1) is 0 Å². The van der Waals surface area contributed by atoms with Crippen LogP contribution in [-0.2, 0) is 20.0 Å². The van der Waals surface area contributed by atoms with Gasteiger partial charge in [-0.15, -0.1) is 0 Å². The number of nitrogens with zero attached hydrogens (tertiary/aromatic N) is 2. The summed E-state index contributed by atoms with van der Waals surface area (Å²) in [6.07, 6.45) is 1.11. The molecule has 2 rings (SSSR count). The van der Waals surface area contributed by atoms with Gasteiger partial charge < -0.3 is 9.47 Å². The smallest absolute Gasteiger partial charge is 0.246 e. The van der Waals surface area contributed by atoms with E-state index in [9.17, 15) is 16.8 Å². The molecule has 0 atom stereocenters. The first kappa shape index (κ1) is 18.0. The molecule has 0 amide bonds. The van der Waals surface area contributed by atoms with Gasteiger partial charge in [0.1, 0.15) is 16.4 Å². The minimum Gasteiger partial charge on any atom is -0.497 e. The van der Waals surface area contributed by atoms with Gasteiger partial charge in [-0.1, -0.05) is 0 Å². The molecular weight excluding hydrogens is 344 g/mol. The van der Waals surface area contributed by atoms with Crippen molar-refractivity contribution in [1.82, 2.24) is 8.61 Å². The lowest BCUT2D eigenvalue weighted by atomic mass is 10.3. The summed E-state index contributed by atoms with van der Waals surface area (Å²) in [6, 6.07) is 4.54. The van der Waals surface area contributed by atoms with Gasteiger partial charge in [-0.2, -0.15) is 8.61 Å². The lowest BCUT2D eigenvalue weighted by Gasteiger charge is -2.32. The second-order valence-corrected chi connectivity index (χ2v) is 8.97. The summed E-state index contributed by atoms with van der Waals surface area (Å²) in [5.41, 5.74) is 0. The molecule has 1 aromatic rings. The van der Waals surface area contributed by atoms with E-state index in [-0.39, 0.29) is 36.8 Å². The van der Waals surface area contributed by atoms with Crippen molar-refractivity contribution >= 4 is 20.0 Å². The molecule has 0 unspecified atom stereocenters. The number of hydrogen-bond acceptors (Lipinski definition) is 6. The van der Waals surface area contributed by atoms with E-state index < -0.39 is 20.0 Å². The minimum atomic E-state index is -3.80. The summed E-state index contributed by atoms with van der Waals surface area (Å²) >= 11 is 0. The van der Waals surface area contributed by atoms with Crippen LogP contribution in [0.3, 0.4) is 0 Å². The highest BCUT2D eigenvalue weighted by molar-refractivity contribution is 7.89. The van der Waals surface area contributed by atoms with Crippen LogP contribution in [0.1, 0.15) is 0 Å². The second kappa shape index (κ2) is 6.63. The maximum absolute atomic E-state index is 12.8. The largest absolute Gasteiger partial charge is 0.497 e. The standard InChI is InChI=1S/C13H20N2O6S2/c1-20-11-4-5-12(21-2)13(10-11)23(18,19)15-8-6-14(7-9-15)22(3,16)17/h4-5,10H,6-9H2,1-3H3. The van der Waals surface area contributed by atoms with Gasteiger partial charge in [0.15, 0.2) is 0 Å². The van der Waals surface area contributed by atoms with Crippen molar-refractivity contribution in [2.24, 2.45) is 0 Å². The SMILES string of the molecule is COc1ccc(OC)c(S(=O)(=O)N2CCN(S(C)(=O)=O)CC2)c1. The Labute approximate surface area is 136 Å². The highest BCUT2D eigenvalue weighted by Gasteiger charge is 2.33. The van der Waals surface area contributed by atoms with Crippen molar-refractivity contribution in [3.8, 4) is 11.5 Å². The fourth-order valence-electron chi connectivity index (χ4n) is 2.37.